The van der Waals surface area contributed by atoms with Crippen LogP contribution in [0.2, 0.25) is 0 Å². The van der Waals surface area contributed by atoms with E-state index in [9.17, 15) is 14.4 Å². The van der Waals surface area contributed by atoms with Crippen LogP contribution in [0.4, 0.5) is 0 Å². The average molecular weight is 320 g/mol. The molecule has 126 valence electrons. The summed E-state index contributed by atoms with van der Waals surface area (Å²) >= 11 is 0. The molecule has 0 spiro atoms. The number of imidazole rings is 1. The lowest BCUT2D eigenvalue weighted by Gasteiger charge is -2.37. The number of rotatable bonds is 4. The largest absolute Gasteiger partial charge is 0.342 e. The lowest BCUT2D eigenvalue weighted by molar-refractivity contribution is -0.141. The molecule has 1 N–H and O–H groups in total. The topological polar surface area (TPSA) is 84.3 Å². The lowest BCUT2D eigenvalue weighted by atomic mass is 9.91. The first-order chi connectivity index (χ1) is 10.7. The second-order valence-electron chi connectivity index (χ2n) is 6.62. The molecule has 2 rings (SSSR count). The van der Waals surface area contributed by atoms with Gasteiger partial charge in [-0.2, -0.15) is 0 Å². The molecule has 1 fully saturated rings. The van der Waals surface area contributed by atoms with E-state index in [0.29, 0.717) is 18.9 Å². The summed E-state index contributed by atoms with van der Waals surface area (Å²) in [6.45, 7) is 5.72. The van der Waals surface area contributed by atoms with Crippen LogP contribution in [0.5, 0.6) is 0 Å². The summed E-state index contributed by atoms with van der Waals surface area (Å²) in [7, 11) is 1.78. The predicted molar refractivity (Wildman–Crippen MR) is 84.7 cm³/mol. The molecule has 1 aliphatic heterocycles. The maximum absolute atomic E-state index is 12.7. The van der Waals surface area contributed by atoms with E-state index in [-0.39, 0.29) is 23.5 Å². The third kappa shape index (κ3) is 3.78. The van der Waals surface area contributed by atoms with Crippen molar-refractivity contribution in [2.45, 2.75) is 39.2 Å². The molecular weight excluding hydrogens is 296 g/mol. The smallest absolute Gasteiger partial charge is 0.247 e. The Balaban J connectivity index is 2.09. The number of likely N-dealkylation sites (tertiary alicyclic amines) is 1. The Morgan fingerprint density at radius 2 is 2.04 bits per heavy atom. The number of nitrogens with one attached hydrogen (secondary N) is 1. The van der Waals surface area contributed by atoms with Gasteiger partial charge in [-0.3, -0.25) is 14.4 Å². The summed E-state index contributed by atoms with van der Waals surface area (Å²) in [5, 5.41) is 2.67. The minimum absolute atomic E-state index is 0.0349. The molecule has 0 saturated carbocycles. The summed E-state index contributed by atoms with van der Waals surface area (Å²) in [6.07, 6.45) is 4.84. The van der Waals surface area contributed by atoms with Crippen LogP contribution in [0, 0.1) is 5.92 Å². The maximum atomic E-state index is 12.7. The Hall–Kier alpha value is -2.18. The number of carbonyl (C=O) groups excluding carboxylic acids is 3. The quantitative estimate of drug-likeness (QED) is 0.830. The van der Waals surface area contributed by atoms with E-state index in [0.717, 1.165) is 12.8 Å². The van der Waals surface area contributed by atoms with Gasteiger partial charge >= 0.3 is 0 Å². The number of aryl methyl sites for hydroxylation is 1. The molecule has 7 heteroatoms. The Morgan fingerprint density at radius 1 is 1.35 bits per heavy atom. The van der Waals surface area contributed by atoms with E-state index in [1.807, 2.05) is 0 Å². The molecule has 1 unspecified atom stereocenters. The molecule has 1 aromatic heterocycles. The van der Waals surface area contributed by atoms with E-state index in [1.54, 1.807) is 42.8 Å². The first-order valence-electron chi connectivity index (χ1n) is 7.82. The number of carbonyl (C=O) groups is 3. The Morgan fingerprint density at radius 3 is 2.61 bits per heavy atom. The number of aromatic nitrogens is 2. The second kappa shape index (κ2) is 6.52. The van der Waals surface area contributed by atoms with Crippen molar-refractivity contribution >= 4 is 17.6 Å². The van der Waals surface area contributed by atoms with Crippen LogP contribution in [-0.4, -0.2) is 50.7 Å². The zero-order valence-electron chi connectivity index (χ0n) is 14.1. The van der Waals surface area contributed by atoms with Gasteiger partial charge in [0.25, 0.3) is 0 Å². The van der Waals surface area contributed by atoms with Crippen molar-refractivity contribution in [3.63, 3.8) is 0 Å². The van der Waals surface area contributed by atoms with Gasteiger partial charge in [-0.1, -0.05) is 0 Å². The number of ketones is 1. The van der Waals surface area contributed by atoms with Crippen LogP contribution in [0.25, 0.3) is 0 Å². The van der Waals surface area contributed by atoms with Crippen molar-refractivity contribution in [3.8, 4) is 0 Å². The zero-order chi connectivity index (χ0) is 17.2. The van der Waals surface area contributed by atoms with Crippen molar-refractivity contribution in [2.75, 3.05) is 13.1 Å². The number of amides is 2. The Bertz CT molecular complexity index is 621. The van der Waals surface area contributed by atoms with Crippen LogP contribution in [0.15, 0.2) is 12.4 Å². The van der Waals surface area contributed by atoms with Gasteiger partial charge in [0.05, 0.1) is 0 Å². The highest BCUT2D eigenvalue weighted by Gasteiger charge is 2.37. The second-order valence-corrected chi connectivity index (χ2v) is 6.62. The van der Waals surface area contributed by atoms with Crippen molar-refractivity contribution in [1.82, 2.24) is 19.8 Å². The normalized spacial score (nSPS) is 18.6. The van der Waals surface area contributed by atoms with Gasteiger partial charge in [-0.05, 0) is 26.7 Å². The van der Waals surface area contributed by atoms with Gasteiger partial charge in [0.2, 0.25) is 17.6 Å². The van der Waals surface area contributed by atoms with E-state index >= 15 is 0 Å². The molecule has 1 atom stereocenters. The highest BCUT2D eigenvalue weighted by molar-refractivity contribution is 5.96. The first-order valence-corrected chi connectivity index (χ1v) is 7.82. The van der Waals surface area contributed by atoms with E-state index < -0.39 is 5.54 Å². The summed E-state index contributed by atoms with van der Waals surface area (Å²) in [5.74, 6) is -0.272. The summed E-state index contributed by atoms with van der Waals surface area (Å²) in [5.41, 5.74) is -0.972. The molecule has 2 amide bonds. The molecule has 0 bridgehead atoms. The minimum Gasteiger partial charge on any atom is -0.342 e. The molecular formula is C16H24N4O3. The molecule has 0 radical (unpaired) electrons. The fourth-order valence-corrected chi connectivity index (χ4v) is 3.05. The van der Waals surface area contributed by atoms with Crippen molar-refractivity contribution in [2.24, 2.45) is 13.0 Å². The van der Waals surface area contributed by atoms with Gasteiger partial charge in [0.1, 0.15) is 5.54 Å². The molecule has 2 heterocycles. The number of piperidine rings is 1. The van der Waals surface area contributed by atoms with Gasteiger partial charge in [0, 0.05) is 45.4 Å². The zero-order valence-corrected chi connectivity index (χ0v) is 14.1. The minimum atomic E-state index is -0.972. The van der Waals surface area contributed by atoms with E-state index in [1.165, 1.54) is 6.92 Å². The molecule has 7 nitrogen and oxygen atoms in total. The van der Waals surface area contributed by atoms with Crippen LogP contribution in [0.3, 0.4) is 0 Å². The number of nitrogens with zero attached hydrogens (tertiary/aromatic N) is 3. The van der Waals surface area contributed by atoms with E-state index in [4.69, 9.17) is 0 Å². The maximum Gasteiger partial charge on any atom is 0.247 e. The summed E-state index contributed by atoms with van der Waals surface area (Å²) < 4.78 is 1.70. The summed E-state index contributed by atoms with van der Waals surface area (Å²) in [4.78, 5) is 42.3. The highest BCUT2D eigenvalue weighted by atomic mass is 16.2. The first kappa shape index (κ1) is 17.2. The molecule has 0 aromatic carbocycles. The van der Waals surface area contributed by atoms with Gasteiger partial charge < -0.3 is 14.8 Å². The van der Waals surface area contributed by atoms with Crippen molar-refractivity contribution in [3.05, 3.63) is 18.2 Å². The van der Waals surface area contributed by atoms with Crippen molar-refractivity contribution < 1.29 is 14.4 Å². The van der Waals surface area contributed by atoms with Crippen LogP contribution in [-0.2, 0) is 16.6 Å². The number of hydrogen-bond donors (Lipinski definition) is 1. The molecule has 23 heavy (non-hydrogen) atoms. The molecule has 1 saturated heterocycles. The van der Waals surface area contributed by atoms with Gasteiger partial charge in [-0.15, -0.1) is 0 Å². The fourth-order valence-electron chi connectivity index (χ4n) is 3.05. The highest BCUT2D eigenvalue weighted by Crippen LogP contribution is 2.22. The molecule has 1 aromatic rings. The lowest BCUT2D eigenvalue weighted by Crippen LogP contribution is -2.57. The van der Waals surface area contributed by atoms with Crippen molar-refractivity contribution in [1.29, 1.82) is 0 Å². The monoisotopic (exact) mass is 320 g/mol. The number of Topliss-reactive ketones (excluding diaryl/α,β-unsaturated/α-hetero) is 1. The SMILES string of the molecule is CC(=O)NC(C)(C)C(=O)N1CCCC(C(=O)c2nccn2C)C1. The predicted octanol–water partition coefficient (Wildman–Crippen LogP) is 0.756. The van der Waals surface area contributed by atoms with Crippen LogP contribution >= 0.6 is 0 Å². The van der Waals surface area contributed by atoms with Gasteiger partial charge in [-0.25, -0.2) is 4.98 Å². The number of hydrogen-bond acceptors (Lipinski definition) is 4. The Kier molecular flexibility index (Phi) is 4.87. The average Bonchev–Trinajstić information content (AvgIpc) is 2.90. The standard InChI is InChI=1S/C16H24N4O3/c1-11(21)18-16(2,3)15(23)20-8-5-6-12(10-20)13(22)14-17-7-9-19(14)4/h7,9,12H,5-6,8,10H2,1-4H3,(H,18,21). The molecule has 0 aliphatic carbocycles. The third-order valence-electron chi connectivity index (χ3n) is 4.14. The van der Waals surface area contributed by atoms with Crippen LogP contribution < -0.4 is 5.32 Å². The van der Waals surface area contributed by atoms with E-state index in [2.05, 4.69) is 10.3 Å². The third-order valence-corrected chi connectivity index (χ3v) is 4.14. The van der Waals surface area contributed by atoms with Gasteiger partial charge in [0.15, 0.2) is 5.82 Å². The Labute approximate surface area is 136 Å². The fraction of sp³-hybridized carbons (Fsp3) is 0.625. The van der Waals surface area contributed by atoms with Crippen LogP contribution in [0.1, 0.15) is 44.2 Å². The summed E-state index contributed by atoms with van der Waals surface area (Å²) in [6, 6.07) is 0. The molecule has 1 aliphatic rings.